The van der Waals surface area contributed by atoms with Crippen molar-refractivity contribution in [2.45, 2.75) is 46.6 Å². The second kappa shape index (κ2) is 8.86. The van der Waals surface area contributed by atoms with Crippen LogP contribution in [0.5, 0.6) is 11.5 Å². The molecule has 2 aromatic rings. The molecule has 0 bridgehead atoms. The van der Waals surface area contributed by atoms with E-state index in [1.807, 2.05) is 26.0 Å². The Morgan fingerprint density at radius 1 is 1.12 bits per heavy atom. The Kier molecular flexibility index (Phi) is 6.81. The highest BCUT2D eigenvalue weighted by Crippen LogP contribution is 2.34. The second-order valence-corrected chi connectivity index (χ2v) is 6.61. The summed E-state index contributed by atoms with van der Waals surface area (Å²) < 4.78 is 12.2. The average Bonchev–Trinajstić information content (AvgIpc) is 2.63. The van der Waals surface area contributed by atoms with E-state index in [-0.39, 0.29) is 5.60 Å². The minimum Gasteiger partial charge on any atom is -0.457 e. The normalized spacial score (nSPS) is 13.6. The number of nitrogens with one attached hydrogen (secondary N) is 1. The summed E-state index contributed by atoms with van der Waals surface area (Å²) in [5.41, 5.74) is 4.03. The minimum absolute atomic E-state index is 0.299. The Bertz CT molecular complexity index is 771. The van der Waals surface area contributed by atoms with Crippen molar-refractivity contribution in [3.05, 3.63) is 53.1 Å². The van der Waals surface area contributed by atoms with Gasteiger partial charge in [0.2, 0.25) is 0 Å². The summed E-state index contributed by atoms with van der Waals surface area (Å²) in [6.07, 6.45) is 2.59. The molecule has 0 aliphatic carbocycles. The number of benzene rings is 2. The van der Waals surface area contributed by atoms with Gasteiger partial charge >= 0.3 is 0 Å². The van der Waals surface area contributed by atoms with E-state index in [1.165, 1.54) is 0 Å². The van der Waals surface area contributed by atoms with Gasteiger partial charge in [0, 0.05) is 19.3 Å². The highest BCUT2D eigenvalue weighted by Gasteiger charge is 2.25. The monoisotopic (exact) mass is 354 g/mol. The molecule has 0 spiro atoms. The number of anilines is 1. The van der Waals surface area contributed by atoms with Gasteiger partial charge in [0.25, 0.3) is 0 Å². The molecule has 0 aliphatic heterocycles. The molecule has 0 aromatic heterocycles. The summed E-state index contributed by atoms with van der Waals surface area (Å²) in [6.45, 7) is 11.1. The van der Waals surface area contributed by atoms with Crippen LogP contribution >= 0.6 is 0 Å². The van der Waals surface area contributed by atoms with Gasteiger partial charge in [0.1, 0.15) is 11.5 Å². The number of rotatable bonds is 8. The maximum atomic E-state index is 6.19. The van der Waals surface area contributed by atoms with Crippen LogP contribution < -0.4 is 10.1 Å². The summed E-state index contributed by atoms with van der Waals surface area (Å²) in [6, 6.07) is 12.3. The van der Waals surface area contributed by atoms with Crippen molar-refractivity contribution in [1.29, 1.82) is 0 Å². The predicted octanol–water partition coefficient (Wildman–Crippen LogP) is 5.83. The van der Waals surface area contributed by atoms with Crippen molar-refractivity contribution in [2.24, 2.45) is 4.99 Å². The first-order valence-corrected chi connectivity index (χ1v) is 9.14. The first kappa shape index (κ1) is 20.0. The van der Waals surface area contributed by atoms with E-state index < -0.39 is 0 Å². The zero-order chi connectivity index (χ0) is 19.2. The third-order valence-corrected chi connectivity index (χ3v) is 4.68. The maximum absolute atomic E-state index is 6.19. The predicted molar refractivity (Wildman–Crippen MR) is 110 cm³/mol. The van der Waals surface area contributed by atoms with Crippen molar-refractivity contribution >= 4 is 12.0 Å². The van der Waals surface area contributed by atoms with Crippen molar-refractivity contribution in [1.82, 2.24) is 0 Å². The maximum Gasteiger partial charge on any atom is 0.130 e. The molecule has 0 saturated carbocycles. The highest BCUT2D eigenvalue weighted by molar-refractivity contribution is 5.78. The van der Waals surface area contributed by atoms with E-state index >= 15 is 0 Å². The van der Waals surface area contributed by atoms with Gasteiger partial charge < -0.3 is 14.8 Å². The van der Waals surface area contributed by atoms with Gasteiger partial charge in [-0.05, 0) is 75.1 Å². The highest BCUT2D eigenvalue weighted by atomic mass is 16.5. The molecule has 4 heteroatoms. The third kappa shape index (κ3) is 4.64. The van der Waals surface area contributed by atoms with Crippen LogP contribution in [0.3, 0.4) is 0 Å². The van der Waals surface area contributed by atoms with E-state index in [1.54, 1.807) is 13.4 Å². The first-order chi connectivity index (χ1) is 12.4. The zero-order valence-electron chi connectivity index (χ0n) is 16.7. The number of aliphatic imine (C=N–C) groups is 1. The first-order valence-electron chi connectivity index (χ1n) is 9.14. The summed E-state index contributed by atoms with van der Waals surface area (Å²) in [4.78, 5) is 3.97. The summed E-state index contributed by atoms with van der Waals surface area (Å²) >= 11 is 0. The van der Waals surface area contributed by atoms with Gasteiger partial charge in [-0.25, -0.2) is 0 Å². The molecule has 0 aliphatic rings. The fourth-order valence-electron chi connectivity index (χ4n) is 2.91. The van der Waals surface area contributed by atoms with E-state index in [2.05, 4.69) is 55.3 Å². The van der Waals surface area contributed by atoms with Gasteiger partial charge in [-0.2, -0.15) is 0 Å². The Balaban J connectivity index is 2.29. The van der Waals surface area contributed by atoms with Crippen LogP contribution in [0, 0.1) is 13.8 Å². The van der Waals surface area contributed by atoms with Crippen LogP contribution in [-0.2, 0) is 10.3 Å². The molecule has 26 heavy (non-hydrogen) atoms. The number of hydrogen-bond acceptors (Lipinski definition) is 3. The Morgan fingerprint density at radius 3 is 2.54 bits per heavy atom. The molecule has 0 saturated heterocycles. The van der Waals surface area contributed by atoms with Gasteiger partial charge in [-0.15, -0.1) is 0 Å². The molecular formula is C22H30N2O2. The van der Waals surface area contributed by atoms with Crippen LogP contribution in [0.25, 0.3) is 0 Å². The summed E-state index contributed by atoms with van der Waals surface area (Å²) in [5.74, 6) is 1.67. The Hall–Kier alpha value is -2.33. The quantitative estimate of drug-likeness (QED) is 0.479. The van der Waals surface area contributed by atoms with Crippen molar-refractivity contribution in [3.63, 3.8) is 0 Å². The van der Waals surface area contributed by atoms with Crippen molar-refractivity contribution in [3.8, 4) is 11.5 Å². The van der Waals surface area contributed by atoms with Gasteiger partial charge in [0.05, 0.1) is 11.9 Å². The van der Waals surface area contributed by atoms with E-state index in [4.69, 9.17) is 9.47 Å². The van der Waals surface area contributed by atoms with Gasteiger partial charge in [0.15, 0.2) is 0 Å². The Morgan fingerprint density at radius 2 is 1.88 bits per heavy atom. The number of hydrogen-bond donors (Lipinski definition) is 1. The fraction of sp³-hybridized carbons (Fsp3) is 0.409. The topological polar surface area (TPSA) is 42.9 Å². The standard InChI is InChI=1S/C22H30N2O2/c1-7-22(5,25-8-2)18-10-9-11-19(14-18)26-21-13-16(3)20(12-17(21)4)24-15-23-6/h9-15H,7-8H2,1-6H3,(H,23,24). The van der Waals surface area contributed by atoms with Crippen LogP contribution in [0.15, 0.2) is 41.4 Å². The lowest BCUT2D eigenvalue weighted by molar-refractivity contribution is -0.0324. The molecule has 2 rings (SSSR count). The lowest BCUT2D eigenvalue weighted by Crippen LogP contribution is -2.24. The largest absolute Gasteiger partial charge is 0.457 e. The molecule has 2 aromatic carbocycles. The molecule has 0 heterocycles. The van der Waals surface area contributed by atoms with Crippen LogP contribution in [0.4, 0.5) is 5.69 Å². The van der Waals surface area contributed by atoms with E-state index in [0.29, 0.717) is 6.61 Å². The van der Waals surface area contributed by atoms with Crippen molar-refractivity contribution in [2.75, 3.05) is 19.0 Å². The minimum atomic E-state index is -0.299. The SMILES string of the molecule is CCOC(C)(CC)c1cccc(Oc2cc(C)c(NC=NC)cc2C)c1. The number of nitrogens with zero attached hydrogens (tertiary/aromatic N) is 1. The molecule has 0 amide bonds. The summed E-state index contributed by atoms with van der Waals surface area (Å²) in [7, 11) is 1.74. The van der Waals surface area contributed by atoms with Crippen LogP contribution in [0.2, 0.25) is 0 Å². The molecule has 1 N–H and O–H groups in total. The lowest BCUT2D eigenvalue weighted by Gasteiger charge is -2.29. The van der Waals surface area contributed by atoms with E-state index in [0.717, 1.165) is 40.3 Å². The van der Waals surface area contributed by atoms with Gasteiger partial charge in [-0.1, -0.05) is 19.1 Å². The second-order valence-electron chi connectivity index (χ2n) is 6.61. The third-order valence-electron chi connectivity index (χ3n) is 4.68. The molecule has 1 atom stereocenters. The smallest absolute Gasteiger partial charge is 0.130 e. The van der Waals surface area contributed by atoms with E-state index in [9.17, 15) is 0 Å². The fourth-order valence-corrected chi connectivity index (χ4v) is 2.91. The van der Waals surface area contributed by atoms with Gasteiger partial charge in [-0.3, -0.25) is 4.99 Å². The molecular weight excluding hydrogens is 324 g/mol. The molecule has 1 unspecified atom stereocenters. The average molecular weight is 354 g/mol. The van der Waals surface area contributed by atoms with Crippen LogP contribution in [0.1, 0.15) is 43.9 Å². The Labute approximate surface area is 157 Å². The van der Waals surface area contributed by atoms with Crippen LogP contribution in [-0.4, -0.2) is 20.0 Å². The number of aryl methyl sites for hydroxylation is 2. The van der Waals surface area contributed by atoms with Crippen molar-refractivity contribution < 1.29 is 9.47 Å². The summed E-state index contributed by atoms with van der Waals surface area (Å²) in [5, 5.41) is 3.18. The number of ether oxygens (including phenoxy) is 2. The molecule has 4 nitrogen and oxygen atoms in total. The lowest BCUT2D eigenvalue weighted by atomic mass is 9.93. The zero-order valence-corrected chi connectivity index (χ0v) is 16.7. The molecule has 0 radical (unpaired) electrons. The molecule has 0 fully saturated rings. The molecule has 140 valence electrons.